The van der Waals surface area contributed by atoms with Gasteiger partial charge in [0, 0.05) is 36.2 Å². The Morgan fingerprint density at radius 1 is 0.959 bits per heavy atom. The minimum atomic E-state index is -3.81. The number of rotatable bonds is 10. The Morgan fingerprint density at radius 3 is 2.24 bits per heavy atom. The van der Waals surface area contributed by atoms with Crippen molar-refractivity contribution in [1.29, 1.82) is 0 Å². The molecule has 0 bridgehead atoms. The van der Waals surface area contributed by atoms with Gasteiger partial charge < -0.3 is 14.8 Å². The Kier molecular flexibility index (Phi) is 9.06. The zero-order valence-corrected chi connectivity index (χ0v) is 27.6. The van der Waals surface area contributed by atoms with Crippen LogP contribution in [0.1, 0.15) is 41.1 Å². The molecule has 0 aliphatic heterocycles. The summed E-state index contributed by atoms with van der Waals surface area (Å²) in [6, 6.07) is 18.5. The van der Waals surface area contributed by atoms with Crippen molar-refractivity contribution < 1.29 is 31.5 Å². The Bertz CT molecular complexity index is 2390. The zero-order valence-electron chi connectivity index (χ0n) is 26.8. The van der Waals surface area contributed by atoms with Gasteiger partial charge in [-0.15, -0.1) is 0 Å². The van der Waals surface area contributed by atoms with E-state index in [2.05, 4.69) is 15.0 Å². The first-order chi connectivity index (χ1) is 23.4. The number of aliphatic hydroxyl groups is 1. The second-order valence-corrected chi connectivity index (χ2v) is 13.4. The third-order valence-electron chi connectivity index (χ3n) is 8.39. The molecule has 13 heteroatoms. The summed E-state index contributed by atoms with van der Waals surface area (Å²) in [4.78, 5) is 32.1. The van der Waals surface area contributed by atoms with Crippen molar-refractivity contribution in [2.24, 2.45) is 0 Å². The fourth-order valence-electron chi connectivity index (χ4n) is 5.96. The highest BCUT2D eigenvalue weighted by Crippen LogP contribution is 2.40. The number of hydrogen-bond donors (Lipinski definition) is 3. The molecule has 0 fully saturated rings. The maximum atomic E-state index is 14.2. The lowest BCUT2D eigenvalue weighted by atomic mass is 9.97. The van der Waals surface area contributed by atoms with E-state index in [1.165, 1.54) is 61.0 Å². The monoisotopic (exact) mass is 686 g/mol. The molecule has 4 aromatic carbocycles. The molecular formula is C36H32F2N4O6S. The van der Waals surface area contributed by atoms with Gasteiger partial charge in [-0.25, -0.2) is 22.2 Å². The van der Waals surface area contributed by atoms with E-state index in [0.717, 1.165) is 0 Å². The zero-order chi connectivity index (χ0) is 35.0. The molecule has 6 aromatic rings. The molecule has 252 valence electrons. The number of benzene rings is 4. The molecule has 6 rings (SSSR count). The summed E-state index contributed by atoms with van der Waals surface area (Å²) in [6.45, 7) is 2.91. The van der Waals surface area contributed by atoms with E-state index in [4.69, 9.17) is 4.42 Å². The number of anilines is 1. The second-order valence-electron chi connectivity index (χ2n) is 11.4. The van der Waals surface area contributed by atoms with Gasteiger partial charge in [0.1, 0.15) is 28.8 Å². The Labute approximate surface area is 280 Å². The number of furan rings is 1. The van der Waals surface area contributed by atoms with E-state index in [9.17, 15) is 31.9 Å². The Morgan fingerprint density at radius 2 is 1.61 bits per heavy atom. The van der Waals surface area contributed by atoms with Gasteiger partial charge in [0.05, 0.1) is 33.9 Å². The molecule has 0 saturated heterocycles. The molecule has 0 aliphatic carbocycles. The van der Waals surface area contributed by atoms with Gasteiger partial charge in [-0.1, -0.05) is 18.2 Å². The predicted molar refractivity (Wildman–Crippen MR) is 184 cm³/mol. The van der Waals surface area contributed by atoms with Gasteiger partial charge in [0.2, 0.25) is 10.0 Å². The van der Waals surface area contributed by atoms with Crippen molar-refractivity contribution in [2.45, 2.75) is 26.3 Å². The van der Waals surface area contributed by atoms with Crippen molar-refractivity contribution in [3.05, 3.63) is 118 Å². The van der Waals surface area contributed by atoms with E-state index >= 15 is 0 Å². The molecule has 1 atom stereocenters. The molecule has 0 spiro atoms. The number of aromatic nitrogens is 2. The highest BCUT2D eigenvalue weighted by molar-refractivity contribution is 7.92. The third-order valence-corrected chi connectivity index (χ3v) is 9.68. The number of aliphatic hydroxyl groups excluding tert-OH is 1. The fourth-order valence-corrected chi connectivity index (χ4v) is 6.61. The van der Waals surface area contributed by atoms with Crippen LogP contribution in [0.25, 0.3) is 44.3 Å². The second kappa shape index (κ2) is 13.2. The molecule has 0 radical (unpaired) electrons. The van der Waals surface area contributed by atoms with Gasteiger partial charge in [-0.2, -0.15) is 0 Å². The topological polar surface area (TPSA) is 144 Å². The van der Waals surface area contributed by atoms with Crippen LogP contribution in [0.5, 0.6) is 0 Å². The van der Waals surface area contributed by atoms with Crippen LogP contribution in [-0.2, 0) is 10.0 Å². The highest BCUT2D eigenvalue weighted by atomic mass is 32.2. The molecular weight excluding hydrogens is 654 g/mol. The molecule has 2 heterocycles. The SMILES string of the molecule is CCS(=O)(=O)Nc1cc2oc(-c3ccc(F)cc3)c(C(=O)NC)c2cc1-c1ccc2nc(C)n([C@H](CCO)c3ccc(F)cc3)c(=O)c2c1. The normalized spacial score (nSPS) is 12.4. The first-order valence-corrected chi connectivity index (χ1v) is 17.1. The van der Waals surface area contributed by atoms with Gasteiger partial charge >= 0.3 is 0 Å². The average Bonchev–Trinajstić information content (AvgIpc) is 3.46. The number of carbonyl (C=O) groups is 1. The molecule has 0 saturated carbocycles. The van der Waals surface area contributed by atoms with E-state index in [1.807, 2.05) is 0 Å². The van der Waals surface area contributed by atoms with Crippen molar-refractivity contribution >= 4 is 43.5 Å². The molecule has 0 unspecified atom stereocenters. The quantitative estimate of drug-likeness (QED) is 0.157. The number of aryl methyl sites for hydroxylation is 1. The highest BCUT2D eigenvalue weighted by Gasteiger charge is 2.25. The molecule has 49 heavy (non-hydrogen) atoms. The molecule has 2 aromatic heterocycles. The minimum Gasteiger partial charge on any atom is -0.455 e. The van der Waals surface area contributed by atoms with E-state index in [1.54, 1.807) is 43.3 Å². The largest absolute Gasteiger partial charge is 0.455 e. The number of carbonyl (C=O) groups excluding carboxylic acids is 1. The van der Waals surface area contributed by atoms with Crippen LogP contribution in [0.4, 0.5) is 14.5 Å². The first kappa shape index (κ1) is 33.5. The predicted octanol–water partition coefficient (Wildman–Crippen LogP) is 6.16. The van der Waals surface area contributed by atoms with Crippen LogP contribution in [0.15, 0.2) is 88.1 Å². The molecule has 0 aliphatic rings. The average molecular weight is 687 g/mol. The number of hydrogen-bond acceptors (Lipinski definition) is 7. The summed E-state index contributed by atoms with van der Waals surface area (Å²) < 4.78 is 63.4. The lowest BCUT2D eigenvalue weighted by Crippen LogP contribution is -2.29. The van der Waals surface area contributed by atoms with Crippen LogP contribution in [0.2, 0.25) is 0 Å². The molecule has 1 amide bonds. The van der Waals surface area contributed by atoms with E-state index < -0.39 is 39.2 Å². The Hall–Kier alpha value is -5.40. The lowest BCUT2D eigenvalue weighted by molar-refractivity contribution is 0.0964. The summed E-state index contributed by atoms with van der Waals surface area (Å²) in [5.41, 5.74) is 2.28. The van der Waals surface area contributed by atoms with Crippen LogP contribution >= 0.6 is 0 Å². The summed E-state index contributed by atoms with van der Waals surface area (Å²) in [5, 5.41) is 13.1. The molecule has 10 nitrogen and oxygen atoms in total. The van der Waals surface area contributed by atoms with Crippen molar-refractivity contribution in [3.63, 3.8) is 0 Å². The smallest absolute Gasteiger partial charge is 0.261 e. The number of halogens is 2. The van der Waals surface area contributed by atoms with Gasteiger partial charge in [0.25, 0.3) is 11.5 Å². The number of nitrogens with one attached hydrogen (secondary N) is 2. The lowest BCUT2D eigenvalue weighted by Gasteiger charge is -2.22. The number of nitrogens with zero attached hydrogens (tertiary/aromatic N) is 2. The first-order valence-electron chi connectivity index (χ1n) is 15.4. The summed E-state index contributed by atoms with van der Waals surface area (Å²) in [5.74, 6) is -1.08. The van der Waals surface area contributed by atoms with E-state index in [0.29, 0.717) is 39.0 Å². The van der Waals surface area contributed by atoms with Crippen molar-refractivity contribution in [3.8, 4) is 22.5 Å². The number of fused-ring (bicyclic) bond motifs is 2. The van der Waals surface area contributed by atoms with Crippen molar-refractivity contribution in [2.75, 3.05) is 24.1 Å². The van der Waals surface area contributed by atoms with Gasteiger partial charge in [-0.3, -0.25) is 18.9 Å². The van der Waals surface area contributed by atoms with Gasteiger partial charge in [0.15, 0.2) is 0 Å². The van der Waals surface area contributed by atoms with Crippen LogP contribution in [0.3, 0.4) is 0 Å². The fraction of sp³-hybridized carbons (Fsp3) is 0.194. The van der Waals surface area contributed by atoms with Crippen molar-refractivity contribution in [1.82, 2.24) is 14.9 Å². The number of amides is 1. The molecule has 3 N–H and O–H groups in total. The minimum absolute atomic E-state index is 0.140. The van der Waals surface area contributed by atoms with Gasteiger partial charge in [-0.05, 0) is 86.0 Å². The van der Waals surface area contributed by atoms with E-state index in [-0.39, 0.29) is 46.8 Å². The summed E-state index contributed by atoms with van der Waals surface area (Å²) in [6.07, 6.45) is 0.165. The third kappa shape index (κ3) is 6.42. The standard InChI is InChI=1S/C36H32F2N4O6S/c1-4-49(46,47)41-30-19-32-28(33(35(44)39-3)34(48-32)22-7-12-25(38)13-8-22)18-26(30)23-9-14-29-27(17-23)36(45)42(20(2)40-29)31(15-16-43)21-5-10-24(37)11-6-21/h5-14,17-19,31,41,43H,4,15-16H2,1-3H3,(H,39,44)/t31-/m1/s1. The maximum absolute atomic E-state index is 14.2. The van der Waals surface area contributed by atoms with Crippen LogP contribution < -0.4 is 15.6 Å². The van der Waals surface area contributed by atoms with Crippen LogP contribution in [0, 0.1) is 18.6 Å². The maximum Gasteiger partial charge on any atom is 0.261 e. The number of sulfonamides is 1. The summed E-state index contributed by atoms with van der Waals surface area (Å²) in [7, 11) is -2.35. The van der Waals surface area contributed by atoms with Crippen LogP contribution in [-0.4, -0.2) is 48.4 Å². The summed E-state index contributed by atoms with van der Waals surface area (Å²) >= 11 is 0. The Balaban J connectivity index is 1.60.